The summed E-state index contributed by atoms with van der Waals surface area (Å²) in [5.74, 6) is -0.532. The number of hydrogen-bond acceptors (Lipinski definition) is 5. The van der Waals surface area contributed by atoms with E-state index in [4.69, 9.17) is 0 Å². The van der Waals surface area contributed by atoms with Crippen LogP contribution in [0.2, 0.25) is 0 Å². The van der Waals surface area contributed by atoms with Crippen LogP contribution in [-0.2, 0) is 14.8 Å². The van der Waals surface area contributed by atoms with Gasteiger partial charge in [0.2, 0.25) is 10.0 Å². The maximum absolute atomic E-state index is 12.8. The second kappa shape index (κ2) is 6.76. The number of nitrogens with one attached hydrogen (secondary N) is 1. The first-order valence-electron chi connectivity index (χ1n) is 7.36. The van der Waals surface area contributed by atoms with Crippen LogP contribution in [0.15, 0.2) is 29.2 Å². The van der Waals surface area contributed by atoms with Crippen molar-refractivity contribution in [3.05, 3.63) is 29.8 Å². The molecule has 6 nitrogen and oxygen atoms in total. The number of benzene rings is 1. The summed E-state index contributed by atoms with van der Waals surface area (Å²) in [6.45, 7) is 2.91. The second-order valence-electron chi connectivity index (χ2n) is 6.03. The van der Waals surface area contributed by atoms with Gasteiger partial charge in [0.1, 0.15) is 0 Å². The standard InChI is InChI=1S/C15H20N2O4S.ClH/c1-21-14(18)12-3-2-4-13(9-12)22(19,20)17-8-6-15(11-17)5-7-16-10-15;/h2-4,9,16H,5-8,10-11H2,1H3;1H. The molecule has 0 aromatic heterocycles. The molecule has 0 bridgehead atoms. The first-order valence-corrected chi connectivity index (χ1v) is 8.80. The molecule has 1 atom stereocenters. The van der Waals surface area contributed by atoms with Crippen LogP contribution in [0, 0.1) is 5.41 Å². The van der Waals surface area contributed by atoms with E-state index < -0.39 is 16.0 Å². The molecule has 2 aliphatic heterocycles. The zero-order valence-electron chi connectivity index (χ0n) is 12.9. The van der Waals surface area contributed by atoms with E-state index in [9.17, 15) is 13.2 Å². The highest BCUT2D eigenvalue weighted by Crippen LogP contribution is 2.38. The van der Waals surface area contributed by atoms with E-state index in [-0.39, 0.29) is 28.3 Å². The Balaban J connectivity index is 0.00000192. The zero-order chi connectivity index (χ0) is 15.8. The molecule has 23 heavy (non-hydrogen) atoms. The summed E-state index contributed by atoms with van der Waals surface area (Å²) in [5, 5.41) is 3.32. The molecule has 1 unspecified atom stereocenters. The number of hydrogen-bond donors (Lipinski definition) is 1. The van der Waals surface area contributed by atoms with Gasteiger partial charge in [-0.3, -0.25) is 0 Å². The Hall–Kier alpha value is -1.15. The molecule has 2 heterocycles. The molecular weight excluding hydrogens is 340 g/mol. The van der Waals surface area contributed by atoms with Crippen LogP contribution in [0.3, 0.4) is 0 Å². The van der Waals surface area contributed by atoms with E-state index in [2.05, 4.69) is 10.1 Å². The molecule has 1 aromatic rings. The third-order valence-corrected chi connectivity index (χ3v) is 6.47. The van der Waals surface area contributed by atoms with Gasteiger partial charge in [-0.25, -0.2) is 13.2 Å². The van der Waals surface area contributed by atoms with Crippen molar-refractivity contribution < 1.29 is 17.9 Å². The van der Waals surface area contributed by atoms with Crippen molar-refractivity contribution in [2.75, 3.05) is 33.3 Å². The molecule has 128 valence electrons. The summed E-state index contributed by atoms with van der Waals surface area (Å²) >= 11 is 0. The lowest BCUT2D eigenvalue weighted by atomic mass is 9.87. The van der Waals surface area contributed by atoms with Crippen molar-refractivity contribution in [2.24, 2.45) is 5.41 Å². The summed E-state index contributed by atoms with van der Waals surface area (Å²) in [6, 6.07) is 6.04. The van der Waals surface area contributed by atoms with Crippen molar-refractivity contribution in [1.29, 1.82) is 0 Å². The summed E-state index contributed by atoms with van der Waals surface area (Å²) in [6.07, 6.45) is 1.90. The molecule has 1 spiro atoms. The molecule has 0 amide bonds. The van der Waals surface area contributed by atoms with Gasteiger partial charge in [-0.15, -0.1) is 12.4 Å². The summed E-state index contributed by atoms with van der Waals surface area (Å²) < 4.78 is 31.8. The predicted octanol–water partition coefficient (Wildman–Crippen LogP) is 1.27. The normalized spacial score (nSPS) is 24.6. The Bertz CT molecular complexity index is 686. The highest BCUT2D eigenvalue weighted by atomic mass is 35.5. The number of rotatable bonds is 3. The number of nitrogens with zero attached hydrogens (tertiary/aromatic N) is 1. The Kier molecular flexibility index (Phi) is 5.35. The van der Waals surface area contributed by atoms with Crippen molar-refractivity contribution in [1.82, 2.24) is 9.62 Å². The highest BCUT2D eigenvalue weighted by Gasteiger charge is 2.44. The van der Waals surface area contributed by atoms with Gasteiger partial charge < -0.3 is 10.1 Å². The van der Waals surface area contributed by atoms with Crippen LogP contribution in [0.1, 0.15) is 23.2 Å². The lowest BCUT2D eigenvalue weighted by Crippen LogP contribution is -2.33. The Labute approximate surface area is 142 Å². The lowest BCUT2D eigenvalue weighted by Gasteiger charge is -2.22. The van der Waals surface area contributed by atoms with Gasteiger partial charge in [0.25, 0.3) is 0 Å². The van der Waals surface area contributed by atoms with Gasteiger partial charge in [0.15, 0.2) is 0 Å². The van der Waals surface area contributed by atoms with E-state index in [0.717, 1.165) is 25.9 Å². The number of sulfonamides is 1. The van der Waals surface area contributed by atoms with Crippen molar-refractivity contribution in [3.8, 4) is 0 Å². The van der Waals surface area contributed by atoms with Gasteiger partial charge in [-0.2, -0.15) is 4.31 Å². The maximum atomic E-state index is 12.8. The zero-order valence-corrected chi connectivity index (χ0v) is 14.6. The fourth-order valence-corrected chi connectivity index (χ4v) is 4.89. The number of carbonyl (C=O) groups is 1. The van der Waals surface area contributed by atoms with E-state index >= 15 is 0 Å². The monoisotopic (exact) mass is 360 g/mol. The predicted molar refractivity (Wildman–Crippen MR) is 88.3 cm³/mol. The Morgan fingerprint density at radius 1 is 1.35 bits per heavy atom. The van der Waals surface area contributed by atoms with E-state index in [1.807, 2.05) is 0 Å². The molecule has 0 radical (unpaired) electrons. The number of methoxy groups -OCH3 is 1. The average Bonchev–Trinajstić information content (AvgIpc) is 3.17. The fraction of sp³-hybridized carbons (Fsp3) is 0.533. The molecule has 0 saturated carbocycles. The van der Waals surface area contributed by atoms with Gasteiger partial charge in [0, 0.05) is 19.6 Å². The third-order valence-electron chi connectivity index (χ3n) is 4.63. The number of ether oxygens (including phenoxy) is 1. The van der Waals surface area contributed by atoms with Gasteiger partial charge >= 0.3 is 5.97 Å². The van der Waals surface area contributed by atoms with Gasteiger partial charge in [-0.1, -0.05) is 6.07 Å². The maximum Gasteiger partial charge on any atom is 0.337 e. The van der Waals surface area contributed by atoms with E-state index in [1.165, 1.54) is 23.5 Å². The van der Waals surface area contributed by atoms with Crippen molar-refractivity contribution >= 4 is 28.4 Å². The number of carbonyl (C=O) groups excluding carboxylic acids is 1. The van der Waals surface area contributed by atoms with Crippen LogP contribution < -0.4 is 5.32 Å². The quantitative estimate of drug-likeness (QED) is 0.821. The molecule has 1 aromatic carbocycles. The summed E-state index contributed by atoms with van der Waals surface area (Å²) in [7, 11) is -2.29. The van der Waals surface area contributed by atoms with Gasteiger partial charge in [0.05, 0.1) is 17.6 Å². The number of halogens is 1. The second-order valence-corrected chi connectivity index (χ2v) is 7.97. The minimum atomic E-state index is -3.57. The first kappa shape index (κ1) is 18.2. The van der Waals surface area contributed by atoms with Crippen LogP contribution in [-0.4, -0.2) is 52.0 Å². The van der Waals surface area contributed by atoms with E-state index in [1.54, 1.807) is 12.1 Å². The SMILES string of the molecule is COC(=O)c1cccc(S(=O)(=O)N2CCC3(CCNC3)C2)c1.Cl. The molecule has 0 aliphatic carbocycles. The van der Waals surface area contributed by atoms with Crippen LogP contribution in [0.25, 0.3) is 0 Å². The minimum absolute atomic E-state index is 0. The largest absolute Gasteiger partial charge is 0.465 e. The Morgan fingerprint density at radius 3 is 2.78 bits per heavy atom. The lowest BCUT2D eigenvalue weighted by molar-refractivity contribution is 0.0600. The highest BCUT2D eigenvalue weighted by molar-refractivity contribution is 7.89. The van der Waals surface area contributed by atoms with Crippen molar-refractivity contribution in [2.45, 2.75) is 17.7 Å². The average molecular weight is 361 g/mol. The van der Waals surface area contributed by atoms with Crippen molar-refractivity contribution in [3.63, 3.8) is 0 Å². The van der Waals surface area contributed by atoms with Crippen LogP contribution >= 0.6 is 12.4 Å². The summed E-state index contributed by atoms with van der Waals surface area (Å²) in [4.78, 5) is 11.7. The molecule has 2 fully saturated rings. The van der Waals surface area contributed by atoms with Crippen LogP contribution in [0.4, 0.5) is 0 Å². The molecule has 2 saturated heterocycles. The Morgan fingerprint density at radius 2 is 2.13 bits per heavy atom. The molecule has 3 rings (SSSR count). The summed E-state index contributed by atoms with van der Waals surface area (Å²) in [5.41, 5.74) is 0.326. The van der Waals surface area contributed by atoms with Crippen LogP contribution in [0.5, 0.6) is 0 Å². The molecule has 1 N–H and O–H groups in total. The number of esters is 1. The molecule has 2 aliphatic rings. The molecule has 8 heteroatoms. The first-order chi connectivity index (χ1) is 10.5. The molecular formula is C15H21ClN2O4S. The topological polar surface area (TPSA) is 75.7 Å². The minimum Gasteiger partial charge on any atom is -0.465 e. The fourth-order valence-electron chi connectivity index (χ4n) is 3.29. The smallest absolute Gasteiger partial charge is 0.337 e. The third kappa shape index (κ3) is 3.38. The van der Waals surface area contributed by atoms with Gasteiger partial charge in [-0.05, 0) is 43.0 Å². The van der Waals surface area contributed by atoms with E-state index in [0.29, 0.717) is 13.1 Å².